The van der Waals surface area contributed by atoms with E-state index in [1.165, 1.54) is 30.3 Å². The first-order chi connectivity index (χ1) is 14.5. The molecule has 3 aromatic rings. The zero-order valence-electron chi connectivity index (χ0n) is 15.3. The molecule has 1 N–H and O–H groups in total. The fraction of sp³-hybridized carbons (Fsp3) is 0. The number of hydrogen-bond donors (Lipinski definition) is 1. The summed E-state index contributed by atoms with van der Waals surface area (Å²) in [5.74, 6) is -1.64. The van der Waals surface area contributed by atoms with Crippen molar-refractivity contribution in [3.63, 3.8) is 0 Å². The molecule has 9 heteroatoms. The van der Waals surface area contributed by atoms with E-state index < -0.39 is 22.5 Å². The van der Waals surface area contributed by atoms with Crippen LogP contribution >= 0.6 is 11.6 Å². The van der Waals surface area contributed by atoms with E-state index in [2.05, 4.69) is 10.5 Å². The number of para-hydroxylation sites is 1. The van der Waals surface area contributed by atoms with Crippen LogP contribution in [0.4, 0.5) is 5.69 Å². The molecule has 8 nitrogen and oxygen atoms in total. The molecule has 3 aromatic carbocycles. The van der Waals surface area contributed by atoms with E-state index in [0.717, 1.165) is 6.21 Å². The third-order valence-electron chi connectivity index (χ3n) is 3.92. The minimum atomic E-state index is -0.863. The Labute approximate surface area is 175 Å². The van der Waals surface area contributed by atoms with Gasteiger partial charge in [-0.15, -0.1) is 0 Å². The third kappa shape index (κ3) is 4.86. The third-order valence-corrected chi connectivity index (χ3v) is 4.25. The number of hydrogen-bond acceptors (Lipinski definition) is 6. The van der Waals surface area contributed by atoms with E-state index in [1.54, 1.807) is 42.5 Å². The number of nitro groups is 1. The normalized spacial score (nSPS) is 10.6. The summed E-state index contributed by atoms with van der Waals surface area (Å²) in [5.41, 5.74) is 2.44. The highest BCUT2D eigenvalue weighted by Crippen LogP contribution is 2.31. The predicted octanol–water partition coefficient (Wildman–Crippen LogP) is 4.23. The molecule has 0 spiro atoms. The second-order valence-electron chi connectivity index (χ2n) is 5.89. The number of ether oxygens (including phenoxy) is 1. The summed E-state index contributed by atoms with van der Waals surface area (Å²) < 4.78 is 5.28. The first-order valence-corrected chi connectivity index (χ1v) is 8.97. The number of carbonyl (C=O) groups excluding carboxylic acids is 2. The molecule has 0 heterocycles. The van der Waals surface area contributed by atoms with E-state index >= 15 is 0 Å². The van der Waals surface area contributed by atoms with Gasteiger partial charge < -0.3 is 4.74 Å². The van der Waals surface area contributed by atoms with Gasteiger partial charge in [-0.05, 0) is 30.3 Å². The van der Waals surface area contributed by atoms with Gasteiger partial charge in [0, 0.05) is 17.2 Å². The Morgan fingerprint density at radius 1 is 1.00 bits per heavy atom. The van der Waals surface area contributed by atoms with Gasteiger partial charge in [0.2, 0.25) is 5.75 Å². The van der Waals surface area contributed by atoms with Crippen LogP contribution in [0.15, 0.2) is 77.9 Å². The van der Waals surface area contributed by atoms with Crippen LogP contribution in [0.5, 0.6) is 5.75 Å². The van der Waals surface area contributed by atoms with Gasteiger partial charge in [0.1, 0.15) is 0 Å². The lowest BCUT2D eigenvalue weighted by molar-refractivity contribution is -0.385. The number of halogens is 1. The first-order valence-electron chi connectivity index (χ1n) is 8.60. The molecular weight excluding hydrogens is 410 g/mol. The minimum Gasteiger partial charge on any atom is -0.415 e. The van der Waals surface area contributed by atoms with Gasteiger partial charge in [-0.2, -0.15) is 5.10 Å². The van der Waals surface area contributed by atoms with Gasteiger partial charge in [-0.1, -0.05) is 48.0 Å². The maximum absolute atomic E-state index is 12.5. The van der Waals surface area contributed by atoms with Crippen LogP contribution < -0.4 is 10.2 Å². The molecule has 0 aliphatic carbocycles. The summed E-state index contributed by atoms with van der Waals surface area (Å²) in [6, 6.07) is 18.6. The summed E-state index contributed by atoms with van der Waals surface area (Å²) in [6.07, 6.45) is 1.16. The number of benzene rings is 3. The van der Waals surface area contributed by atoms with Gasteiger partial charge in [0.15, 0.2) is 0 Å². The Hall–Kier alpha value is -4.04. The van der Waals surface area contributed by atoms with Crippen molar-refractivity contribution >= 4 is 35.4 Å². The van der Waals surface area contributed by atoms with Crippen LogP contribution in [0.2, 0.25) is 5.02 Å². The van der Waals surface area contributed by atoms with E-state index in [-0.39, 0.29) is 21.9 Å². The average Bonchev–Trinajstić information content (AvgIpc) is 2.75. The fourth-order valence-electron chi connectivity index (χ4n) is 2.49. The number of nitrogens with zero attached hydrogens (tertiary/aromatic N) is 2. The van der Waals surface area contributed by atoms with E-state index in [0.29, 0.717) is 5.56 Å². The highest BCUT2D eigenvalue weighted by molar-refractivity contribution is 6.33. The van der Waals surface area contributed by atoms with Crippen LogP contribution in [-0.4, -0.2) is 23.0 Å². The number of carbonyl (C=O) groups is 2. The largest absolute Gasteiger partial charge is 0.415 e. The minimum absolute atomic E-state index is 0.0533. The number of hydrazone groups is 1. The van der Waals surface area contributed by atoms with Crippen LogP contribution in [0.3, 0.4) is 0 Å². The molecule has 150 valence electrons. The maximum atomic E-state index is 12.5. The van der Waals surface area contributed by atoms with Gasteiger partial charge in [0.25, 0.3) is 5.91 Å². The lowest BCUT2D eigenvalue weighted by Crippen LogP contribution is -2.17. The molecule has 0 fully saturated rings. The van der Waals surface area contributed by atoms with Gasteiger partial charge in [0.05, 0.1) is 21.7 Å². The molecule has 0 bridgehead atoms. The highest BCUT2D eigenvalue weighted by atomic mass is 35.5. The number of amides is 1. The van der Waals surface area contributed by atoms with Crippen molar-refractivity contribution < 1.29 is 19.2 Å². The number of nitrogens with one attached hydrogen (secondary N) is 1. The Bertz CT molecular complexity index is 1130. The van der Waals surface area contributed by atoms with Crippen molar-refractivity contribution in [3.05, 3.63) is 105 Å². The molecule has 0 saturated heterocycles. The average molecular weight is 424 g/mol. The topological polar surface area (TPSA) is 111 Å². The SMILES string of the molecule is O=C(N/N=C/c1cccc([N+](=O)[O-])c1OC(=O)c1ccccc1Cl)c1ccccc1. The van der Waals surface area contributed by atoms with Crippen molar-refractivity contribution in [2.45, 2.75) is 0 Å². The molecule has 1 amide bonds. The Morgan fingerprint density at radius 2 is 1.70 bits per heavy atom. The second kappa shape index (κ2) is 9.44. The summed E-state index contributed by atoms with van der Waals surface area (Å²) >= 11 is 6.00. The Kier molecular flexibility index (Phi) is 6.51. The quantitative estimate of drug-likeness (QED) is 0.210. The van der Waals surface area contributed by atoms with E-state index in [4.69, 9.17) is 16.3 Å². The Morgan fingerprint density at radius 3 is 2.40 bits per heavy atom. The summed E-state index contributed by atoms with van der Waals surface area (Å²) in [5, 5.41) is 15.4. The molecule has 30 heavy (non-hydrogen) atoms. The van der Waals surface area contributed by atoms with Gasteiger partial charge in [-0.3, -0.25) is 14.9 Å². The number of nitro benzene ring substituents is 1. The molecule has 3 rings (SSSR count). The van der Waals surface area contributed by atoms with Gasteiger partial charge >= 0.3 is 11.7 Å². The molecule has 0 atom stereocenters. The molecule has 0 saturated carbocycles. The molecule has 0 unspecified atom stereocenters. The van der Waals surface area contributed by atoms with Crippen molar-refractivity contribution in [1.82, 2.24) is 5.43 Å². The maximum Gasteiger partial charge on any atom is 0.345 e. The van der Waals surface area contributed by atoms with Crippen molar-refractivity contribution in [2.75, 3.05) is 0 Å². The lowest BCUT2D eigenvalue weighted by Gasteiger charge is -2.09. The van der Waals surface area contributed by atoms with Gasteiger partial charge in [-0.25, -0.2) is 10.2 Å². The smallest absolute Gasteiger partial charge is 0.345 e. The van der Waals surface area contributed by atoms with Crippen molar-refractivity contribution in [2.24, 2.45) is 5.10 Å². The monoisotopic (exact) mass is 423 g/mol. The molecular formula is C21H14ClN3O5. The van der Waals surface area contributed by atoms with E-state index in [9.17, 15) is 19.7 Å². The number of rotatable bonds is 6. The molecule has 0 radical (unpaired) electrons. The number of esters is 1. The Balaban J connectivity index is 1.87. The van der Waals surface area contributed by atoms with Crippen molar-refractivity contribution in [3.8, 4) is 5.75 Å². The standard InChI is InChI=1S/C21H14ClN3O5/c22-17-11-5-4-10-16(17)21(27)30-19-15(9-6-12-18(19)25(28)29)13-23-24-20(26)14-7-2-1-3-8-14/h1-13H,(H,24,26)/b23-13+. The van der Waals surface area contributed by atoms with Crippen molar-refractivity contribution in [1.29, 1.82) is 0 Å². The molecule has 0 aliphatic rings. The zero-order chi connectivity index (χ0) is 21.5. The molecule has 0 aromatic heterocycles. The fourth-order valence-corrected chi connectivity index (χ4v) is 2.70. The van der Waals surface area contributed by atoms with Crippen LogP contribution in [0.1, 0.15) is 26.3 Å². The first kappa shape index (κ1) is 20.7. The predicted molar refractivity (Wildman–Crippen MR) is 111 cm³/mol. The second-order valence-corrected chi connectivity index (χ2v) is 6.29. The summed E-state index contributed by atoms with van der Waals surface area (Å²) in [6.45, 7) is 0. The molecule has 0 aliphatic heterocycles. The summed E-state index contributed by atoms with van der Waals surface area (Å²) in [7, 11) is 0. The van der Waals surface area contributed by atoms with Crippen LogP contribution in [0, 0.1) is 10.1 Å². The van der Waals surface area contributed by atoms with Crippen LogP contribution in [0.25, 0.3) is 0 Å². The van der Waals surface area contributed by atoms with Crippen LogP contribution in [-0.2, 0) is 0 Å². The highest BCUT2D eigenvalue weighted by Gasteiger charge is 2.23. The summed E-state index contributed by atoms with van der Waals surface area (Å²) in [4.78, 5) is 35.3. The van der Waals surface area contributed by atoms with E-state index in [1.807, 2.05) is 0 Å². The lowest BCUT2D eigenvalue weighted by atomic mass is 10.2. The zero-order valence-corrected chi connectivity index (χ0v) is 16.1.